The molecule has 51 heavy (non-hydrogen) atoms. The van der Waals surface area contributed by atoms with Crippen molar-refractivity contribution in [1.29, 1.82) is 0 Å². The minimum absolute atomic E-state index is 0.0604. The predicted molar refractivity (Wildman–Crippen MR) is 200 cm³/mol. The summed E-state index contributed by atoms with van der Waals surface area (Å²) in [5, 5.41) is 42.7. The molecule has 290 valence electrons. The SMILES string of the molecule is C/C=C1/CCC2C3C(CC[C@]12C)[C@@]1(C)CC[C@H](O)CC1[C@H]1OC(C)(C)O[C@H]31.CC[C@H]1CCC2C3C(CC[C@@]21C)[C@@]1(C)CC[C@@H](O)CC1[C@@H](O)[C@@H]3O. The molecule has 0 aromatic carbocycles. The third kappa shape index (κ3) is 5.42. The molecule has 0 bridgehead atoms. The maximum Gasteiger partial charge on any atom is 0.163 e. The Bertz CT molecular complexity index is 1350. The van der Waals surface area contributed by atoms with Crippen molar-refractivity contribution in [2.45, 2.75) is 194 Å². The molecule has 9 fully saturated rings. The summed E-state index contributed by atoms with van der Waals surface area (Å²) in [4.78, 5) is 0. The molecule has 0 aromatic heterocycles. The van der Waals surface area contributed by atoms with Gasteiger partial charge in [-0.25, -0.2) is 0 Å². The van der Waals surface area contributed by atoms with Crippen LogP contribution in [0.15, 0.2) is 11.6 Å². The molecule has 19 atom stereocenters. The van der Waals surface area contributed by atoms with Crippen molar-refractivity contribution in [3.05, 3.63) is 11.6 Å². The molecule has 9 rings (SSSR count). The highest BCUT2D eigenvalue weighted by molar-refractivity contribution is 5.25. The van der Waals surface area contributed by atoms with Gasteiger partial charge in [0.25, 0.3) is 0 Å². The van der Waals surface area contributed by atoms with Crippen LogP contribution in [0.25, 0.3) is 0 Å². The van der Waals surface area contributed by atoms with Crippen molar-refractivity contribution >= 4 is 0 Å². The van der Waals surface area contributed by atoms with E-state index in [2.05, 4.69) is 61.5 Å². The van der Waals surface area contributed by atoms with Crippen LogP contribution in [0.1, 0.15) is 152 Å². The number of fused-ring (bicyclic) bond motifs is 13. The fraction of sp³-hybridized carbons (Fsp3) is 0.956. The lowest BCUT2D eigenvalue weighted by Gasteiger charge is -2.63. The second-order valence-electron chi connectivity index (χ2n) is 21.2. The minimum Gasteiger partial charge on any atom is -0.393 e. The monoisotopic (exact) mass is 711 g/mol. The normalized spacial score (nSPS) is 58.9. The van der Waals surface area contributed by atoms with Crippen molar-refractivity contribution < 1.29 is 29.9 Å². The van der Waals surface area contributed by atoms with E-state index in [1.807, 2.05) is 0 Å². The van der Waals surface area contributed by atoms with Crippen LogP contribution in [0, 0.1) is 74.9 Å². The molecule has 9 aliphatic rings. The first-order valence-electron chi connectivity index (χ1n) is 21.8. The zero-order chi connectivity index (χ0) is 36.5. The van der Waals surface area contributed by atoms with Crippen LogP contribution < -0.4 is 0 Å². The number of aliphatic hydroxyl groups is 4. The van der Waals surface area contributed by atoms with Gasteiger partial charge in [0.05, 0.1) is 36.6 Å². The van der Waals surface area contributed by atoms with Gasteiger partial charge in [-0.15, -0.1) is 0 Å². The zero-order valence-corrected chi connectivity index (χ0v) is 33.4. The standard InChI is InChI=1S/C24H38O3.C21H36O3/c1-6-14-7-8-16-19-17(10-12-23(14,16)4)24(5)11-9-15(25)13-18(24)20-21(19)27-22(2,3)26-20;1-4-12-5-6-14-17-15(8-10-20(12,14)2)21(3)9-7-13(22)11-16(21)18(23)19(17)24/h6,15-21,25H,7-13H2,1-5H3;12-19,22-24H,4-11H2,1-3H3/b14-6-;/t15-,16?,17?,18?,19?,20+,21+,23+,24+;12-,13+,14?,15?,16?,17?,18+,19+,20+,21+/m00/s1. The molecule has 6 heteroatoms. The second kappa shape index (κ2) is 12.8. The van der Waals surface area contributed by atoms with E-state index in [9.17, 15) is 20.4 Å². The van der Waals surface area contributed by atoms with E-state index in [4.69, 9.17) is 9.47 Å². The smallest absolute Gasteiger partial charge is 0.163 e. The van der Waals surface area contributed by atoms with Gasteiger partial charge in [0, 0.05) is 0 Å². The van der Waals surface area contributed by atoms with E-state index >= 15 is 0 Å². The minimum atomic E-state index is -0.658. The first-order valence-corrected chi connectivity index (χ1v) is 21.8. The van der Waals surface area contributed by atoms with Crippen molar-refractivity contribution in [3.8, 4) is 0 Å². The number of rotatable bonds is 1. The second-order valence-corrected chi connectivity index (χ2v) is 21.2. The molecule has 1 saturated heterocycles. The summed E-state index contributed by atoms with van der Waals surface area (Å²) < 4.78 is 13.2. The number of ether oxygens (including phenoxy) is 2. The number of hydrogen-bond donors (Lipinski definition) is 4. The Morgan fingerprint density at radius 2 is 1.16 bits per heavy atom. The van der Waals surface area contributed by atoms with E-state index < -0.39 is 18.0 Å². The highest BCUT2D eigenvalue weighted by Crippen LogP contribution is 2.70. The summed E-state index contributed by atoms with van der Waals surface area (Å²) in [6, 6.07) is 0. The topological polar surface area (TPSA) is 99.4 Å². The van der Waals surface area contributed by atoms with Gasteiger partial charge >= 0.3 is 0 Å². The van der Waals surface area contributed by atoms with Gasteiger partial charge in [0.2, 0.25) is 0 Å². The van der Waals surface area contributed by atoms with Gasteiger partial charge in [-0.1, -0.05) is 52.7 Å². The maximum atomic E-state index is 11.1. The zero-order valence-electron chi connectivity index (χ0n) is 33.4. The third-order valence-corrected chi connectivity index (χ3v) is 19.1. The third-order valence-electron chi connectivity index (χ3n) is 19.1. The first kappa shape index (κ1) is 37.4. The molecule has 6 nitrogen and oxygen atoms in total. The van der Waals surface area contributed by atoms with Gasteiger partial charge in [-0.3, -0.25) is 0 Å². The Hall–Kier alpha value is -0.500. The van der Waals surface area contributed by atoms with Gasteiger partial charge < -0.3 is 29.9 Å². The van der Waals surface area contributed by atoms with Crippen LogP contribution in [0.4, 0.5) is 0 Å². The molecule has 1 heterocycles. The number of hydrogen-bond acceptors (Lipinski definition) is 6. The number of allylic oxidation sites excluding steroid dienone is 2. The molecular weight excluding hydrogens is 636 g/mol. The summed E-state index contributed by atoms with van der Waals surface area (Å²) in [5.41, 5.74) is 2.78. The van der Waals surface area contributed by atoms with Crippen LogP contribution in [0.2, 0.25) is 0 Å². The van der Waals surface area contributed by atoms with Crippen LogP contribution >= 0.6 is 0 Å². The van der Waals surface area contributed by atoms with Crippen LogP contribution in [0.5, 0.6) is 0 Å². The summed E-state index contributed by atoms with van der Waals surface area (Å²) in [5.74, 6) is 4.15. The van der Waals surface area contributed by atoms with E-state index in [1.165, 1.54) is 57.8 Å². The Kier molecular flexibility index (Phi) is 9.37. The Morgan fingerprint density at radius 1 is 0.588 bits per heavy atom. The predicted octanol–water partition coefficient (Wildman–Crippen LogP) is 8.43. The van der Waals surface area contributed by atoms with Gasteiger partial charge in [0.1, 0.15) is 0 Å². The highest BCUT2D eigenvalue weighted by Gasteiger charge is 2.68. The number of aliphatic hydroxyl groups excluding tert-OH is 4. The van der Waals surface area contributed by atoms with Crippen molar-refractivity contribution in [1.82, 2.24) is 0 Å². The van der Waals surface area contributed by atoms with E-state index in [0.29, 0.717) is 46.8 Å². The Labute approximate surface area is 309 Å². The molecule has 0 aromatic rings. The Morgan fingerprint density at radius 3 is 1.82 bits per heavy atom. The molecule has 8 saturated carbocycles. The molecule has 4 N–H and O–H groups in total. The lowest BCUT2D eigenvalue weighted by molar-refractivity contribution is -0.222. The molecule has 0 spiro atoms. The van der Waals surface area contributed by atoms with Crippen molar-refractivity contribution in [3.63, 3.8) is 0 Å². The van der Waals surface area contributed by atoms with Gasteiger partial charge in [-0.05, 0) is 186 Å². The average molecular weight is 711 g/mol. The van der Waals surface area contributed by atoms with E-state index in [0.717, 1.165) is 43.9 Å². The van der Waals surface area contributed by atoms with Crippen LogP contribution in [-0.2, 0) is 9.47 Å². The van der Waals surface area contributed by atoms with Crippen LogP contribution in [0.3, 0.4) is 0 Å². The Balaban J connectivity index is 0.000000148. The maximum absolute atomic E-state index is 11.1. The summed E-state index contributed by atoms with van der Waals surface area (Å²) in [7, 11) is 0. The van der Waals surface area contributed by atoms with E-state index in [-0.39, 0.29) is 47.1 Å². The summed E-state index contributed by atoms with van der Waals surface area (Å²) >= 11 is 0. The lowest BCUT2D eigenvalue weighted by atomic mass is 9.43. The fourth-order valence-corrected chi connectivity index (χ4v) is 16.5. The largest absolute Gasteiger partial charge is 0.393 e. The lowest BCUT2D eigenvalue weighted by Crippen LogP contribution is -2.64. The molecule has 1 aliphatic heterocycles. The molecule has 8 unspecified atom stereocenters. The summed E-state index contributed by atoms with van der Waals surface area (Å²) in [6.45, 7) is 18.6. The van der Waals surface area contributed by atoms with Gasteiger partial charge in [0.15, 0.2) is 5.79 Å². The molecule has 8 aliphatic carbocycles. The molecule has 0 radical (unpaired) electrons. The van der Waals surface area contributed by atoms with Gasteiger partial charge in [-0.2, -0.15) is 0 Å². The molecule has 0 amide bonds. The summed E-state index contributed by atoms with van der Waals surface area (Å²) in [6.07, 6.45) is 18.0. The average Bonchev–Trinajstić information content (AvgIpc) is 3.73. The van der Waals surface area contributed by atoms with Crippen molar-refractivity contribution in [2.75, 3.05) is 0 Å². The van der Waals surface area contributed by atoms with Crippen LogP contribution in [-0.4, -0.2) is 62.8 Å². The quantitative estimate of drug-likeness (QED) is 0.204. The molecular formula is C45H74O6. The first-order chi connectivity index (χ1) is 24.0. The fourth-order valence-electron chi connectivity index (χ4n) is 16.5. The van der Waals surface area contributed by atoms with Crippen molar-refractivity contribution in [2.24, 2.45) is 74.9 Å². The van der Waals surface area contributed by atoms with E-state index in [1.54, 1.807) is 5.57 Å². The highest BCUT2D eigenvalue weighted by atomic mass is 16.8.